The first-order valence-corrected chi connectivity index (χ1v) is 6.91. The van der Waals surface area contributed by atoms with Gasteiger partial charge in [-0.25, -0.2) is 0 Å². The molecule has 1 aromatic rings. The quantitative estimate of drug-likeness (QED) is 0.817. The molecule has 1 aliphatic heterocycles. The molecule has 2 nitrogen and oxygen atoms in total. The molecule has 0 radical (unpaired) electrons. The van der Waals surface area contributed by atoms with Crippen LogP contribution in [0.3, 0.4) is 0 Å². The molecule has 1 aliphatic rings. The van der Waals surface area contributed by atoms with Crippen LogP contribution in [0.5, 0.6) is 0 Å². The van der Waals surface area contributed by atoms with Gasteiger partial charge in [-0.15, -0.1) is 11.3 Å². The molecule has 2 heterocycles. The van der Waals surface area contributed by atoms with Crippen LogP contribution in [-0.4, -0.2) is 23.9 Å². The highest BCUT2D eigenvalue weighted by atomic mass is 79.9. The molecule has 1 amide bonds. The molecule has 0 N–H and O–H groups in total. The molecule has 1 aromatic heterocycles. The summed E-state index contributed by atoms with van der Waals surface area (Å²) in [6.07, 6.45) is 2.34. The van der Waals surface area contributed by atoms with Crippen molar-refractivity contribution in [3.63, 3.8) is 0 Å². The molecule has 15 heavy (non-hydrogen) atoms. The molecule has 1 atom stereocenters. The number of likely N-dealkylation sites (tertiary alicyclic amines) is 1. The highest BCUT2D eigenvalue weighted by Crippen LogP contribution is 2.25. The van der Waals surface area contributed by atoms with Crippen LogP contribution < -0.4 is 0 Å². The van der Waals surface area contributed by atoms with Crippen LogP contribution >= 0.6 is 27.3 Å². The lowest BCUT2D eigenvalue weighted by Crippen LogP contribution is -2.28. The van der Waals surface area contributed by atoms with Crippen LogP contribution in [0.1, 0.15) is 30.1 Å². The lowest BCUT2D eigenvalue weighted by atomic mass is 10.1. The maximum absolute atomic E-state index is 12.0. The Balaban J connectivity index is 2.03. The van der Waals surface area contributed by atoms with E-state index in [4.69, 9.17) is 0 Å². The molecule has 4 heteroatoms. The van der Waals surface area contributed by atoms with E-state index >= 15 is 0 Å². The van der Waals surface area contributed by atoms with Crippen LogP contribution in [-0.2, 0) is 0 Å². The Morgan fingerprint density at radius 2 is 2.53 bits per heavy atom. The minimum Gasteiger partial charge on any atom is -0.338 e. The van der Waals surface area contributed by atoms with E-state index in [0.29, 0.717) is 5.92 Å². The average molecular weight is 288 g/mol. The first kappa shape index (κ1) is 11.1. The number of nitrogens with zero attached hydrogens (tertiary/aromatic N) is 1. The zero-order valence-corrected chi connectivity index (χ0v) is 11.1. The summed E-state index contributed by atoms with van der Waals surface area (Å²) in [6.45, 7) is 4.05. The summed E-state index contributed by atoms with van der Waals surface area (Å²) in [5, 5.41) is 1.92. The van der Waals surface area contributed by atoms with Crippen molar-refractivity contribution in [3.8, 4) is 0 Å². The summed E-state index contributed by atoms with van der Waals surface area (Å²) in [5.74, 6) is 0.893. The van der Waals surface area contributed by atoms with Crippen molar-refractivity contribution >= 4 is 33.2 Å². The van der Waals surface area contributed by atoms with Crippen molar-refractivity contribution in [2.45, 2.75) is 19.8 Å². The summed E-state index contributed by atoms with van der Waals surface area (Å²) in [7, 11) is 0. The van der Waals surface area contributed by atoms with Crippen molar-refractivity contribution in [1.29, 1.82) is 0 Å². The molecule has 2 rings (SSSR count). The number of carbonyl (C=O) groups excluding carboxylic acids is 1. The molecule has 0 spiro atoms. The van der Waals surface area contributed by atoms with Gasteiger partial charge in [0.1, 0.15) is 0 Å². The molecule has 0 bridgehead atoms. The first-order valence-electron chi connectivity index (χ1n) is 5.24. The zero-order valence-electron chi connectivity index (χ0n) is 8.70. The van der Waals surface area contributed by atoms with Gasteiger partial charge in [0, 0.05) is 18.5 Å². The summed E-state index contributed by atoms with van der Waals surface area (Å²) >= 11 is 4.95. The summed E-state index contributed by atoms with van der Waals surface area (Å²) in [5.41, 5.74) is 0.823. The number of carbonyl (C=O) groups is 1. The number of hydrogen-bond donors (Lipinski definition) is 0. The first-order chi connectivity index (χ1) is 7.20. The maximum atomic E-state index is 12.0. The van der Waals surface area contributed by atoms with E-state index < -0.39 is 0 Å². The number of halogens is 1. The summed E-state index contributed by atoms with van der Waals surface area (Å²) in [4.78, 5) is 14.0. The average Bonchev–Trinajstić information content (AvgIpc) is 2.84. The van der Waals surface area contributed by atoms with Gasteiger partial charge in [-0.2, -0.15) is 0 Å². The van der Waals surface area contributed by atoms with E-state index in [1.807, 2.05) is 16.3 Å². The predicted molar refractivity (Wildman–Crippen MR) is 66.3 cm³/mol. The standard InChI is InChI=1S/C11H14BrNOS/c1-2-8-3-4-13(6-8)11(14)9-5-10(12)15-7-9/h5,7-8H,2-4,6H2,1H3. The van der Waals surface area contributed by atoms with Crippen LogP contribution in [0.4, 0.5) is 0 Å². The molecule has 1 saturated heterocycles. The van der Waals surface area contributed by atoms with E-state index in [1.165, 1.54) is 6.42 Å². The van der Waals surface area contributed by atoms with E-state index in [0.717, 1.165) is 28.9 Å². The minimum atomic E-state index is 0.188. The molecule has 0 saturated carbocycles. The lowest BCUT2D eigenvalue weighted by Gasteiger charge is -2.15. The van der Waals surface area contributed by atoms with Crippen LogP contribution in [0, 0.1) is 5.92 Å². The van der Waals surface area contributed by atoms with Crippen molar-refractivity contribution in [3.05, 3.63) is 20.8 Å². The predicted octanol–water partition coefficient (Wildman–Crippen LogP) is 3.38. The number of amides is 1. The van der Waals surface area contributed by atoms with Gasteiger partial charge in [0.25, 0.3) is 5.91 Å². The van der Waals surface area contributed by atoms with Crippen LogP contribution in [0.2, 0.25) is 0 Å². The third-order valence-electron chi connectivity index (χ3n) is 2.96. The molecule has 82 valence electrons. The molecule has 1 fully saturated rings. The Kier molecular flexibility index (Phi) is 3.46. The van der Waals surface area contributed by atoms with Crippen LogP contribution in [0.15, 0.2) is 15.2 Å². The number of rotatable bonds is 2. The Hall–Kier alpha value is -0.350. The fourth-order valence-corrected chi connectivity index (χ4v) is 3.09. The summed E-state index contributed by atoms with van der Waals surface area (Å²) < 4.78 is 1.03. The summed E-state index contributed by atoms with van der Waals surface area (Å²) in [6, 6.07) is 1.91. The van der Waals surface area contributed by atoms with Crippen LogP contribution in [0.25, 0.3) is 0 Å². The van der Waals surface area contributed by atoms with Crippen molar-refractivity contribution in [2.75, 3.05) is 13.1 Å². The smallest absolute Gasteiger partial charge is 0.254 e. The Morgan fingerprint density at radius 3 is 3.07 bits per heavy atom. The van der Waals surface area contributed by atoms with Gasteiger partial charge >= 0.3 is 0 Å². The fraction of sp³-hybridized carbons (Fsp3) is 0.545. The third kappa shape index (κ3) is 2.42. The van der Waals surface area contributed by atoms with Crippen molar-refractivity contribution in [2.24, 2.45) is 5.92 Å². The van der Waals surface area contributed by atoms with E-state index in [-0.39, 0.29) is 5.91 Å². The normalized spacial score (nSPS) is 20.9. The fourth-order valence-electron chi connectivity index (χ4n) is 1.96. The second-order valence-electron chi connectivity index (χ2n) is 3.95. The van der Waals surface area contributed by atoms with Gasteiger partial charge in [0.15, 0.2) is 0 Å². The van der Waals surface area contributed by atoms with E-state index in [2.05, 4.69) is 22.9 Å². The highest BCUT2D eigenvalue weighted by molar-refractivity contribution is 9.11. The van der Waals surface area contributed by atoms with Gasteiger partial charge in [-0.3, -0.25) is 4.79 Å². The van der Waals surface area contributed by atoms with Gasteiger partial charge in [-0.05, 0) is 34.3 Å². The Morgan fingerprint density at radius 1 is 1.73 bits per heavy atom. The van der Waals surface area contributed by atoms with Gasteiger partial charge < -0.3 is 4.90 Å². The molecular weight excluding hydrogens is 274 g/mol. The second kappa shape index (κ2) is 4.66. The Labute approximate surface area is 102 Å². The lowest BCUT2D eigenvalue weighted by molar-refractivity contribution is 0.0787. The SMILES string of the molecule is CCC1CCN(C(=O)c2csc(Br)c2)C1. The number of hydrogen-bond acceptors (Lipinski definition) is 2. The highest BCUT2D eigenvalue weighted by Gasteiger charge is 2.26. The molecular formula is C11H14BrNOS. The maximum Gasteiger partial charge on any atom is 0.254 e. The Bertz CT molecular complexity index is 363. The zero-order chi connectivity index (χ0) is 10.8. The van der Waals surface area contributed by atoms with Gasteiger partial charge in [0.2, 0.25) is 0 Å². The van der Waals surface area contributed by atoms with Crippen molar-refractivity contribution < 1.29 is 4.79 Å². The number of thiophene rings is 1. The van der Waals surface area contributed by atoms with Gasteiger partial charge in [0.05, 0.1) is 9.35 Å². The largest absolute Gasteiger partial charge is 0.338 e. The van der Waals surface area contributed by atoms with Gasteiger partial charge in [-0.1, -0.05) is 13.3 Å². The monoisotopic (exact) mass is 287 g/mol. The minimum absolute atomic E-state index is 0.188. The third-order valence-corrected chi connectivity index (χ3v) is 4.47. The molecule has 0 aromatic carbocycles. The molecule has 0 aliphatic carbocycles. The topological polar surface area (TPSA) is 20.3 Å². The van der Waals surface area contributed by atoms with Crippen molar-refractivity contribution in [1.82, 2.24) is 4.90 Å². The van der Waals surface area contributed by atoms with E-state index in [9.17, 15) is 4.79 Å². The van der Waals surface area contributed by atoms with E-state index in [1.54, 1.807) is 11.3 Å². The molecule has 1 unspecified atom stereocenters. The second-order valence-corrected chi connectivity index (χ2v) is 6.24.